The van der Waals surface area contributed by atoms with Crippen LogP contribution in [0.1, 0.15) is 31.1 Å². The molecular weight excluding hydrogens is 321 g/mol. The SMILES string of the molecule is CSc1cccc(F)c1C(=O)ON1C(=O)c2ccccc2C1=O. The first-order chi connectivity index (χ1) is 11.0. The van der Waals surface area contributed by atoms with Gasteiger partial charge in [-0.25, -0.2) is 9.18 Å². The van der Waals surface area contributed by atoms with Crippen molar-refractivity contribution in [1.29, 1.82) is 0 Å². The molecule has 2 amide bonds. The van der Waals surface area contributed by atoms with E-state index in [1.54, 1.807) is 24.5 Å². The third-order valence-corrected chi connectivity index (χ3v) is 4.11. The van der Waals surface area contributed by atoms with Gasteiger partial charge in [-0.3, -0.25) is 9.59 Å². The van der Waals surface area contributed by atoms with Gasteiger partial charge in [-0.2, -0.15) is 0 Å². The molecule has 1 heterocycles. The quantitative estimate of drug-likeness (QED) is 0.639. The van der Waals surface area contributed by atoms with E-state index in [4.69, 9.17) is 4.84 Å². The number of hydrogen-bond donors (Lipinski definition) is 0. The fourth-order valence-electron chi connectivity index (χ4n) is 2.25. The van der Waals surface area contributed by atoms with Crippen molar-refractivity contribution < 1.29 is 23.6 Å². The van der Waals surface area contributed by atoms with Crippen molar-refractivity contribution in [3.8, 4) is 0 Å². The molecule has 116 valence electrons. The highest BCUT2D eigenvalue weighted by Crippen LogP contribution is 2.27. The summed E-state index contributed by atoms with van der Waals surface area (Å²) in [5.41, 5.74) is -0.0237. The topological polar surface area (TPSA) is 63.7 Å². The van der Waals surface area contributed by atoms with Gasteiger partial charge in [-0.15, -0.1) is 11.8 Å². The monoisotopic (exact) mass is 331 g/mol. The average Bonchev–Trinajstić information content (AvgIpc) is 2.80. The standard InChI is InChI=1S/C16H10FNO4S/c1-23-12-8-4-7-11(17)13(12)16(21)22-18-14(19)9-5-2-3-6-10(9)15(18)20/h2-8H,1H3. The molecule has 0 aromatic heterocycles. The molecule has 0 unspecified atom stereocenters. The van der Waals surface area contributed by atoms with E-state index in [0.717, 1.165) is 17.8 Å². The normalized spacial score (nSPS) is 13.2. The number of fused-ring (bicyclic) bond motifs is 1. The Morgan fingerprint density at radius 1 is 1.04 bits per heavy atom. The van der Waals surface area contributed by atoms with Gasteiger partial charge in [0, 0.05) is 4.90 Å². The van der Waals surface area contributed by atoms with Gasteiger partial charge in [-0.1, -0.05) is 23.3 Å². The van der Waals surface area contributed by atoms with E-state index in [1.807, 2.05) is 0 Å². The fraction of sp³-hybridized carbons (Fsp3) is 0.0625. The zero-order valence-electron chi connectivity index (χ0n) is 11.9. The van der Waals surface area contributed by atoms with Crippen LogP contribution in [0.15, 0.2) is 47.4 Å². The van der Waals surface area contributed by atoms with Gasteiger partial charge in [-0.05, 0) is 30.5 Å². The molecule has 0 atom stereocenters. The molecule has 5 nitrogen and oxygen atoms in total. The van der Waals surface area contributed by atoms with Gasteiger partial charge in [0.2, 0.25) is 0 Å². The van der Waals surface area contributed by atoms with Crippen LogP contribution in [-0.4, -0.2) is 29.1 Å². The summed E-state index contributed by atoms with van der Waals surface area (Å²) in [6.07, 6.45) is 1.67. The molecular formula is C16H10FNO4S. The lowest BCUT2D eigenvalue weighted by Crippen LogP contribution is -2.33. The molecule has 1 aliphatic heterocycles. The maximum Gasteiger partial charge on any atom is 0.368 e. The van der Waals surface area contributed by atoms with Crippen molar-refractivity contribution in [2.24, 2.45) is 0 Å². The Morgan fingerprint density at radius 2 is 1.65 bits per heavy atom. The number of halogens is 1. The maximum atomic E-state index is 13.9. The van der Waals surface area contributed by atoms with Crippen molar-refractivity contribution >= 4 is 29.5 Å². The van der Waals surface area contributed by atoms with Crippen LogP contribution < -0.4 is 0 Å². The molecule has 1 aliphatic rings. The molecule has 0 radical (unpaired) electrons. The van der Waals surface area contributed by atoms with Gasteiger partial charge in [0.1, 0.15) is 11.4 Å². The molecule has 0 spiro atoms. The second kappa shape index (κ2) is 5.85. The minimum Gasteiger partial charge on any atom is -0.324 e. The van der Waals surface area contributed by atoms with E-state index in [-0.39, 0.29) is 16.7 Å². The molecule has 0 bridgehead atoms. The molecule has 0 aliphatic carbocycles. The molecule has 23 heavy (non-hydrogen) atoms. The van der Waals surface area contributed by atoms with E-state index in [2.05, 4.69) is 0 Å². The Bertz CT molecular complexity index is 802. The average molecular weight is 331 g/mol. The molecule has 2 aromatic carbocycles. The van der Waals surface area contributed by atoms with Crippen LogP contribution >= 0.6 is 11.8 Å². The van der Waals surface area contributed by atoms with Crippen LogP contribution in [0.4, 0.5) is 4.39 Å². The van der Waals surface area contributed by atoms with Gasteiger partial charge >= 0.3 is 5.97 Å². The van der Waals surface area contributed by atoms with E-state index in [9.17, 15) is 18.8 Å². The summed E-state index contributed by atoms with van der Waals surface area (Å²) in [7, 11) is 0. The Hall–Kier alpha value is -2.67. The number of amides is 2. The highest BCUT2D eigenvalue weighted by Gasteiger charge is 2.39. The Kier molecular flexibility index (Phi) is 3.87. The third-order valence-electron chi connectivity index (χ3n) is 3.33. The summed E-state index contributed by atoms with van der Waals surface area (Å²) in [5, 5.41) is 0.365. The Balaban J connectivity index is 1.91. The number of hydrogen-bond acceptors (Lipinski definition) is 5. The molecule has 7 heteroatoms. The number of nitrogens with zero attached hydrogens (tertiary/aromatic N) is 1. The van der Waals surface area contributed by atoms with Crippen molar-refractivity contribution in [3.63, 3.8) is 0 Å². The molecule has 0 saturated heterocycles. The smallest absolute Gasteiger partial charge is 0.324 e. The maximum absolute atomic E-state index is 13.9. The van der Waals surface area contributed by atoms with Gasteiger partial charge in [0.15, 0.2) is 0 Å². The van der Waals surface area contributed by atoms with E-state index < -0.39 is 23.6 Å². The van der Waals surface area contributed by atoms with E-state index in [0.29, 0.717) is 9.96 Å². The summed E-state index contributed by atoms with van der Waals surface area (Å²) in [4.78, 5) is 41.7. The second-order valence-corrected chi connectivity index (χ2v) is 5.49. The summed E-state index contributed by atoms with van der Waals surface area (Å²) in [5.74, 6) is -3.37. The van der Waals surface area contributed by atoms with Crippen molar-refractivity contribution in [1.82, 2.24) is 5.06 Å². The number of carbonyl (C=O) groups is 3. The summed E-state index contributed by atoms with van der Waals surface area (Å²) in [6.45, 7) is 0. The van der Waals surface area contributed by atoms with Gasteiger partial charge < -0.3 is 4.84 Å². The van der Waals surface area contributed by atoms with Crippen LogP contribution in [0.2, 0.25) is 0 Å². The number of carbonyl (C=O) groups excluding carboxylic acids is 3. The number of imide groups is 1. The highest BCUT2D eigenvalue weighted by atomic mass is 32.2. The lowest BCUT2D eigenvalue weighted by molar-refractivity contribution is -0.0590. The molecule has 2 aromatic rings. The predicted molar refractivity (Wildman–Crippen MR) is 80.5 cm³/mol. The van der Waals surface area contributed by atoms with Crippen LogP contribution in [-0.2, 0) is 4.84 Å². The number of benzene rings is 2. The highest BCUT2D eigenvalue weighted by molar-refractivity contribution is 7.98. The van der Waals surface area contributed by atoms with Gasteiger partial charge in [0.25, 0.3) is 11.8 Å². The first kappa shape index (κ1) is 15.2. The van der Waals surface area contributed by atoms with Crippen molar-refractivity contribution in [3.05, 3.63) is 65.0 Å². The largest absolute Gasteiger partial charge is 0.368 e. The van der Waals surface area contributed by atoms with E-state index in [1.165, 1.54) is 18.2 Å². The van der Waals surface area contributed by atoms with Crippen LogP contribution in [0.3, 0.4) is 0 Å². The number of hydroxylamine groups is 2. The first-order valence-electron chi connectivity index (χ1n) is 6.57. The predicted octanol–water partition coefficient (Wildman–Crippen LogP) is 2.92. The summed E-state index contributed by atoms with van der Waals surface area (Å²) >= 11 is 1.16. The number of rotatable bonds is 3. The minimum atomic E-state index is -1.10. The zero-order valence-corrected chi connectivity index (χ0v) is 12.7. The minimum absolute atomic E-state index is 0.143. The Morgan fingerprint density at radius 3 is 2.22 bits per heavy atom. The van der Waals surface area contributed by atoms with Crippen LogP contribution in [0, 0.1) is 5.82 Å². The summed E-state index contributed by atoms with van der Waals surface area (Å²) < 4.78 is 13.9. The molecule has 0 N–H and O–H groups in total. The van der Waals surface area contributed by atoms with Crippen LogP contribution in [0.5, 0.6) is 0 Å². The van der Waals surface area contributed by atoms with Gasteiger partial charge in [0.05, 0.1) is 11.1 Å². The third kappa shape index (κ3) is 2.49. The van der Waals surface area contributed by atoms with Crippen molar-refractivity contribution in [2.45, 2.75) is 4.90 Å². The Labute approximate surface area is 135 Å². The number of thioether (sulfide) groups is 1. The van der Waals surface area contributed by atoms with Crippen LogP contribution in [0.25, 0.3) is 0 Å². The second-order valence-electron chi connectivity index (χ2n) is 4.65. The lowest BCUT2D eigenvalue weighted by atomic mass is 10.1. The lowest BCUT2D eigenvalue weighted by Gasteiger charge is -2.14. The van der Waals surface area contributed by atoms with E-state index >= 15 is 0 Å². The zero-order chi connectivity index (χ0) is 16.6. The first-order valence-corrected chi connectivity index (χ1v) is 7.79. The fourth-order valence-corrected chi connectivity index (χ4v) is 2.85. The summed E-state index contributed by atoms with van der Waals surface area (Å²) in [6, 6.07) is 10.2. The van der Waals surface area contributed by atoms with Crippen molar-refractivity contribution in [2.75, 3.05) is 6.26 Å². The molecule has 3 rings (SSSR count). The molecule has 0 fully saturated rings. The molecule has 0 saturated carbocycles.